The summed E-state index contributed by atoms with van der Waals surface area (Å²) >= 11 is 0. The molecule has 1 heterocycles. The molecule has 1 rings (SSSR count). The van der Waals surface area contributed by atoms with E-state index in [9.17, 15) is 0 Å². The second-order valence-corrected chi connectivity index (χ2v) is 6.70. The zero-order valence-corrected chi connectivity index (χ0v) is 15.7. The number of nitrogens with one attached hydrogen (secondary N) is 1. The lowest BCUT2D eigenvalue weighted by Crippen LogP contribution is -2.15. The van der Waals surface area contributed by atoms with E-state index in [1.54, 1.807) is 0 Å². The maximum atomic E-state index is 4.52. The molecule has 0 bridgehead atoms. The maximum Gasteiger partial charge on any atom is 0.226 e. The van der Waals surface area contributed by atoms with Crippen molar-refractivity contribution in [1.29, 1.82) is 0 Å². The highest BCUT2D eigenvalue weighted by molar-refractivity contribution is 5.42. The Morgan fingerprint density at radius 3 is 2.00 bits per heavy atom. The van der Waals surface area contributed by atoms with Gasteiger partial charge in [0.1, 0.15) is 5.82 Å². The van der Waals surface area contributed by atoms with Crippen molar-refractivity contribution < 1.29 is 0 Å². The summed E-state index contributed by atoms with van der Waals surface area (Å²) in [7, 11) is 3.95. The smallest absolute Gasteiger partial charge is 0.226 e. The summed E-state index contributed by atoms with van der Waals surface area (Å²) in [6, 6.07) is 2.02. The molecule has 23 heavy (non-hydrogen) atoms. The first-order valence-electron chi connectivity index (χ1n) is 9.40. The predicted molar refractivity (Wildman–Crippen MR) is 101 cm³/mol. The van der Waals surface area contributed by atoms with Gasteiger partial charge < -0.3 is 10.2 Å². The molecule has 0 spiro atoms. The van der Waals surface area contributed by atoms with Crippen molar-refractivity contribution in [1.82, 2.24) is 9.97 Å². The second-order valence-electron chi connectivity index (χ2n) is 6.70. The van der Waals surface area contributed by atoms with E-state index in [0.29, 0.717) is 0 Å². The average Bonchev–Trinajstić information content (AvgIpc) is 2.52. The van der Waals surface area contributed by atoms with E-state index < -0.39 is 0 Å². The van der Waals surface area contributed by atoms with Crippen LogP contribution < -0.4 is 10.2 Å². The number of aryl methyl sites for hydroxylation is 1. The van der Waals surface area contributed by atoms with Crippen LogP contribution in [0.2, 0.25) is 0 Å². The minimum Gasteiger partial charge on any atom is -0.370 e. The number of rotatable bonds is 13. The molecule has 1 aromatic rings. The van der Waals surface area contributed by atoms with E-state index in [1.807, 2.05) is 32.0 Å². The molecule has 0 aliphatic heterocycles. The van der Waals surface area contributed by atoms with E-state index in [0.717, 1.165) is 24.0 Å². The molecule has 0 saturated heterocycles. The molecule has 4 nitrogen and oxygen atoms in total. The molecule has 1 aromatic heterocycles. The number of hydrogen-bond acceptors (Lipinski definition) is 4. The summed E-state index contributed by atoms with van der Waals surface area (Å²) in [5, 5.41) is 3.43. The van der Waals surface area contributed by atoms with Crippen molar-refractivity contribution in [2.75, 3.05) is 30.9 Å². The normalized spacial score (nSPS) is 10.8. The Labute approximate surface area is 143 Å². The standard InChI is InChI=1S/C19H36N4/c1-5-6-7-8-9-10-11-12-13-14-15-20-18-16-17(2)21-19(22-18)23(3)4/h16H,5-15H2,1-4H3,(H,20,21,22). The van der Waals surface area contributed by atoms with Gasteiger partial charge in [-0.2, -0.15) is 4.98 Å². The van der Waals surface area contributed by atoms with Gasteiger partial charge in [-0.25, -0.2) is 4.98 Å². The molecule has 0 fully saturated rings. The van der Waals surface area contributed by atoms with Crippen molar-refractivity contribution >= 4 is 11.8 Å². The highest BCUT2D eigenvalue weighted by Crippen LogP contribution is 2.13. The number of aromatic nitrogens is 2. The lowest BCUT2D eigenvalue weighted by molar-refractivity contribution is 0.560. The molecule has 4 heteroatoms. The van der Waals surface area contributed by atoms with Crippen LogP contribution in [0.1, 0.15) is 76.8 Å². The Hall–Kier alpha value is -1.32. The summed E-state index contributed by atoms with van der Waals surface area (Å²) in [6.45, 7) is 5.29. The maximum absolute atomic E-state index is 4.52. The van der Waals surface area contributed by atoms with Gasteiger partial charge in [-0.05, 0) is 13.3 Å². The van der Waals surface area contributed by atoms with Crippen LogP contribution in [0.4, 0.5) is 11.8 Å². The van der Waals surface area contributed by atoms with Gasteiger partial charge in [-0.1, -0.05) is 64.7 Å². The van der Waals surface area contributed by atoms with Crippen molar-refractivity contribution in [3.8, 4) is 0 Å². The lowest BCUT2D eigenvalue weighted by atomic mass is 10.1. The molecular formula is C19H36N4. The first-order chi connectivity index (χ1) is 11.1. The number of nitrogens with zero attached hydrogens (tertiary/aromatic N) is 3. The first-order valence-corrected chi connectivity index (χ1v) is 9.40. The molecule has 0 aliphatic carbocycles. The quantitative estimate of drug-likeness (QED) is 0.508. The Bertz CT molecular complexity index is 418. The van der Waals surface area contributed by atoms with Crippen LogP contribution in [-0.2, 0) is 0 Å². The Balaban J connectivity index is 2.05. The van der Waals surface area contributed by atoms with E-state index >= 15 is 0 Å². The molecule has 0 atom stereocenters. The molecule has 0 radical (unpaired) electrons. The van der Waals surface area contributed by atoms with Crippen molar-refractivity contribution in [3.63, 3.8) is 0 Å². The highest BCUT2D eigenvalue weighted by Gasteiger charge is 2.03. The molecule has 0 saturated carbocycles. The molecule has 0 aromatic carbocycles. The minimum absolute atomic E-state index is 0.774. The van der Waals surface area contributed by atoms with Gasteiger partial charge in [0, 0.05) is 32.4 Å². The summed E-state index contributed by atoms with van der Waals surface area (Å²) in [5.74, 6) is 1.72. The van der Waals surface area contributed by atoms with Gasteiger partial charge in [0.15, 0.2) is 0 Å². The predicted octanol–water partition coefficient (Wildman–Crippen LogP) is 5.18. The number of hydrogen-bond donors (Lipinski definition) is 1. The van der Waals surface area contributed by atoms with Crippen LogP contribution in [0, 0.1) is 6.92 Å². The zero-order chi connectivity index (χ0) is 16.9. The van der Waals surface area contributed by atoms with E-state index in [2.05, 4.69) is 22.2 Å². The van der Waals surface area contributed by atoms with Crippen molar-refractivity contribution in [2.24, 2.45) is 0 Å². The Morgan fingerprint density at radius 1 is 0.870 bits per heavy atom. The summed E-state index contributed by atoms with van der Waals surface area (Å²) in [5.41, 5.74) is 1.01. The van der Waals surface area contributed by atoms with Gasteiger partial charge >= 0.3 is 0 Å². The fourth-order valence-corrected chi connectivity index (χ4v) is 2.67. The molecule has 0 aliphatic rings. The third-order valence-electron chi connectivity index (χ3n) is 4.08. The van der Waals surface area contributed by atoms with E-state index in [4.69, 9.17) is 0 Å². The molecular weight excluding hydrogens is 284 g/mol. The molecule has 0 amide bonds. The van der Waals surface area contributed by atoms with Gasteiger partial charge in [0.05, 0.1) is 0 Å². The summed E-state index contributed by atoms with van der Waals surface area (Å²) in [6.07, 6.45) is 13.7. The second kappa shape index (κ2) is 12.1. The molecule has 132 valence electrons. The fourth-order valence-electron chi connectivity index (χ4n) is 2.67. The number of anilines is 2. The van der Waals surface area contributed by atoms with E-state index in [1.165, 1.54) is 64.2 Å². The van der Waals surface area contributed by atoms with E-state index in [-0.39, 0.29) is 0 Å². The number of unbranched alkanes of at least 4 members (excludes halogenated alkanes) is 9. The SMILES string of the molecule is CCCCCCCCCCCCNc1cc(C)nc(N(C)C)n1. The van der Waals surface area contributed by atoms with Gasteiger partial charge in [0.25, 0.3) is 0 Å². The Kier molecular flexibility index (Phi) is 10.4. The van der Waals surface area contributed by atoms with Crippen LogP contribution in [0.25, 0.3) is 0 Å². The van der Waals surface area contributed by atoms with Crippen LogP contribution in [0.3, 0.4) is 0 Å². The lowest BCUT2D eigenvalue weighted by Gasteiger charge is -2.13. The Morgan fingerprint density at radius 2 is 1.43 bits per heavy atom. The first kappa shape index (κ1) is 19.7. The molecule has 0 unspecified atom stereocenters. The van der Waals surface area contributed by atoms with Crippen LogP contribution in [0.15, 0.2) is 6.07 Å². The monoisotopic (exact) mass is 320 g/mol. The summed E-state index contributed by atoms with van der Waals surface area (Å²) < 4.78 is 0. The van der Waals surface area contributed by atoms with Crippen molar-refractivity contribution in [3.05, 3.63) is 11.8 Å². The fraction of sp³-hybridized carbons (Fsp3) is 0.789. The minimum atomic E-state index is 0.774. The van der Waals surface area contributed by atoms with Gasteiger partial charge in [-0.3, -0.25) is 0 Å². The van der Waals surface area contributed by atoms with Gasteiger partial charge in [0.2, 0.25) is 5.95 Å². The van der Waals surface area contributed by atoms with Crippen molar-refractivity contribution in [2.45, 2.75) is 78.1 Å². The highest BCUT2D eigenvalue weighted by atomic mass is 15.2. The van der Waals surface area contributed by atoms with Crippen LogP contribution >= 0.6 is 0 Å². The summed E-state index contributed by atoms with van der Waals surface area (Å²) in [4.78, 5) is 10.9. The van der Waals surface area contributed by atoms with Crippen LogP contribution in [-0.4, -0.2) is 30.6 Å². The molecule has 1 N–H and O–H groups in total. The third-order valence-corrected chi connectivity index (χ3v) is 4.08. The largest absolute Gasteiger partial charge is 0.370 e. The average molecular weight is 321 g/mol. The third kappa shape index (κ3) is 9.42. The van der Waals surface area contributed by atoms with Gasteiger partial charge in [-0.15, -0.1) is 0 Å². The zero-order valence-electron chi connectivity index (χ0n) is 15.7. The van der Waals surface area contributed by atoms with Crippen LogP contribution in [0.5, 0.6) is 0 Å². The topological polar surface area (TPSA) is 41.1 Å².